The van der Waals surface area contributed by atoms with Crippen LogP contribution < -0.4 is 0 Å². The summed E-state index contributed by atoms with van der Waals surface area (Å²) in [6.45, 7) is 1.79. The Morgan fingerprint density at radius 1 is 1.33 bits per heavy atom. The van der Waals surface area contributed by atoms with Crippen LogP contribution in [0.4, 0.5) is 0 Å². The average molecular weight is 287 g/mol. The van der Waals surface area contributed by atoms with Crippen LogP contribution in [0.3, 0.4) is 0 Å². The van der Waals surface area contributed by atoms with Gasteiger partial charge in [-0.05, 0) is 31.0 Å². The molecule has 2 rings (SSSR count). The van der Waals surface area contributed by atoms with Gasteiger partial charge in [-0.15, -0.1) is 12.4 Å². The lowest BCUT2D eigenvalue weighted by Crippen LogP contribution is -2.22. The van der Waals surface area contributed by atoms with Gasteiger partial charge in [-0.3, -0.25) is 0 Å². The van der Waals surface area contributed by atoms with E-state index in [2.05, 4.69) is 4.98 Å². The Hall–Kier alpha value is -1.03. The van der Waals surface area contributed by atoms with Crippen LogP contribution in [0, 0.1) is 0 Å². The van der Waals surface area contributed by atoms with Crippen LogP contribution in [0.1, 0.15) is 18.5 Å². The first-order valence-electron chi connectivity index (χ1n) is 5.57. The van der Waals surface area contributed by atoms with Crippen LogP contribution in [0.25, 0.3) is 0 Å². The number of aliphatic hydroxyl groups is 1. The van der Waals surface area contributed by atoms with Crippen LogP contribution in [0.2, 0.25) is 5.02 Å². The van der Waals surface area contributed by atoms with Gasteiger partial charge in [0.2, 0.25) is 0 Å². The van der Waals surface area contributed by atoms with Crippen LogP contribution in [-0.2, 0) is 6.42 Å². The van der Waals surface area contributed by atoms with Crippen LogP contribution in [-0.4, -0.2) is 20.8 Å². The van der Waals surface area contributed by atoms with Gasteiger partial charge in [0, 0.05) is 17.4 Å². The third-order valence-electron chi connectivity index (χ3n) is 2.82. The minimum absolute atomic E-state index is 0. The number of imidazole rings is 1. The van der Waals surface area contributed by atoms with Gasteiger partial charge in [0.1, 0.15) is 0 Å². The Morgan fingerprint density at radius 3 is 2.50 bits per heavy atom. The van der Waals surface area contributed by atoms with Crippen molar-refractivity contribution >= 4 is 24.0 Å². The number of hydrogen-bond acceptors (Lipinski definition) is 2. The quantitative estimate of drug-likeness (QED) is 0.938. The number of aromatic nitrogens is 2. The van der Waals surface area contributed by atoms with Crippen molar-refractivity contribution < 1.29 is 5.11 Å². The molecule has 0 amide bonds. The van der Waals surface area contributed by atoms with E-state index in [0.29, 0.717) is 0 Å². The first-order chi connectivity index (χ1) is 8.16. The minimum atomic E-state index is -0.431. The number of nitrogens with zero attached hydrogens (tertiary/aromatic N) is 2. The van der Waals surface area contributed by atoms with E-state index < -0.39 is 6.10 Å². The van der Waals surface area contributed by atoms with Crippen molar-refractivity contribution in [3.63, 3.8) is 0 Å². The zero-order valence-electron chi connectivity index (χ0n) is 10.0. The summed E-state index contributed by atoms with van der Waals surface area (Å²) in [5.74, 6) is 0. The van der Waals surface area contributed by atoms with Gasteiger partial charge >= 0.3 is 0 Å². The molecule has 0 radical (unpaired) electrons. The largest absolute Gasteiger partial charge is 0.391 e. The van der Waals surface area contributed by atoms with E-state index in [1.807, 2.05) is 35.0 Å². The summed E-state index contributed by atoms with van der Waals surface area (Å²) in [6.07, 6.45) is 5.64. The molecule has 0 aliphatic heterocycles. The van der Waals surface area contributed by atoms with E-state index in [1.54, 1.807) is 19.4 Å². The number of aliphatic hydroxyl groups excluding tert-OH is 1. The van der Waals surface area contributed by atoms with Gasteiger partial charge in [0.15, 0.2) is 0 Å². The molecule has 2 unspecified atom stereocenters. The van der Waals surface area contributed by atoms with Crippen molar-refractivity contribution in [2.24, 2.45) is 0 Å². The minimum Gasteiger partial charge on any atom is -0.391 e. The SMILES string of the molecule is CC(O)C(Cc1ccc(Cl)cc1)n1ccnc1.Cl. The highest BCUT2D eigenvalue weighted by molar-refractivity contribution is 6.30. The van der Waals surface area contributed by atoms with Gasteiger partial charge in [-0.1, -0.05) is 23.7 Å². The summed E-state index contributed by atoms with van der Waals surface area (Å²) in [7, 11) is 0. The summed E-state index contributed by atoms with van der Waals surface area (Å²) in [4.78, 5) is 4.01. The molecule has 0 spiro atoms. The molecule has 1 aromatic carbocycles. The molecule has 5 heteroatoms. The fourth-order valence-electron chi connectivity index (χ4n) is 1.85. The maximum atomic E-state index is 9.83. The Kier molecular flexibility index (Phi) is 5.66. The fourth-order valence-corrected chi connectivity index (χ4v) is 1.98. The highest BCUT2D eigenvalue weighted by Gasteiger charge is 2.16. The molecule has 0 saturated carbocycles. The van der Waals surface area contributed by atoms with Gasteiger partial charge < -0.3 is 9.67 Å². The molecular weight excluding hydrogens is 271 g/mol. The molecule has 0 aliphatic rings. The summed E-state index contributed by atoms with van der Waals surface area (Å²) in [6, 6.07) is 7.69. The monoisotopic (exact) mass is 286 g/mol. The van der Waals surface area contributed by atoms with Crippen molar-refractivity contribution in [2.75, 3.05) is 0 Å². The normalized spacial score (nSPS) is 13.7. The molecular formula is C13H16Cl2N2O. The molecule has 18 heavy (non-hydrogen) atoms. The second-order valence-electron chi connectivity index (χ2n) is 4.15. The molecule has 0 saturated heterocycles. The molecule has 3 nitrogen and oxygen atoms in total. The van der Waals surface area contributed by atoms with Gasteiger partial charge in [-0.25, -0.2) is 4.98 Å². The maximum absolute atomic E-state index is 9.83. The lowest BCUT2D eigenvalue weighted by molar-refractivity contribution is 0.129. The third kappa shape index (κ3) is 3.73. The summed E-state index contributed by atoms with van der Waals surface area (Å²) in [5.41, 5.74) is 1.15. The molecule has 0 fully saturated rings. The Bertz CT molecular complexity index is 454. The standard InChI is InChI=1S/C13H15ClN2O.ClH/c1-10(17)13(16-7-6-15-9-16)8-11-2-4-12(14)5-3-11;/h2-7,9-10,13,17H,8H2,1H3;1H. The Morgan fingerprint density at radius 2 is 2.00 bits per heavy atom. The molecule has 2 aromatic rings. The van der Waals surface area contributed by atoms with E-state index >= 15 is 0 Å². The Labute approximate surface area is 118 Å². The number of benzene rings is 1. The number of hydrogen-bond donors (Lipinski definition) is 1. The topological polar surface area (TPSA) is 38.0 Å². The van der Waals surface area contributed by atoms with Crippen molar-refractivity contribution in [3.05, 3.63) is 53.6 Å². The number of rotatable bonds is 4. The first kappa shape index (κ1) is 15.0. The zero-order valence-corrected chi connectivity index (χ0v) is 11.6. The molecule has 1 N–H and O–H groups in total. The highest BCUT2D eigenvalue weighted by Crippen LogP contribution is 2.19. The first-order valence-corrected chi connectivity index (χ1v) is 5.94. The van der Waals surface area contributed by atoms with E-state index in [9.17, 15) is 5.11 Å². The predicted octanol–water partition coefficient (Wildman–Crippen LogP) is 3.12. The third-order valence-corrected chi connectivity index (χ3v) is 3.07. The zero-order chi connectivity index (χ0) is 12.3. The second kappa shape index (κ2) is 6.78. The maximum Gasteiger partial charge on any atom is 0.0949 e. The molecule has 98 valence electrons. The molecule has 1 heterocycles. The lowest BCUT2D eigenvalue weighted by atomic mass is 10.0. The fraction of sp³-hybridized carbons (Fsp3) is 0.308. The van der Waals surface area contributed by atoms with E-state index in [0.717, 1.165) is 17.0 Å². The van der Waals surface area contributed by atoms with Crippen molar-refractivity contribution in [1.82, 2.24) is 9.55 Å². The van der Waals surface area contributed by atoms with E-state index in [4.69, 9.17) is 11.6 Å². The van der Waals surface area contributed by atoms with Crippen LogP contribution >= 0.6 is 24.0 Å². The highest BCUT2D eigenvalue weighted by atomic mass is 35.5. The van der Waals surface area contributed by atoms with Crippen LogP contribution in [0.5, 0.6) is 0 Å². The lowest BCUT2D eigenvalue weighted by Gasteiger charge is -2.21. The second-order valence-corrected chi connectivity index (χ2v) is 4.58. The summed E-state index contributed by atoms with van der Waals surface area (Å²) >= 11 is 5.85. The molecule has 1 aromatic heterocycles. The van der Waals surface area contributed by atoms with Crippen molar-refractivity contribution in [2.45, 2.75) is 25.5 Å². The van der Waals surface area contributed by atoms with E-state index in [1.165, 1.54) is 0 Å². The molecule has 2 atom stereocenters. The van der Waals surface area contributed by atoms with Gasteiger partial charge in [0.25, 0.3) is 0 Å². The predicted molar refractivity (Wildman–Crippen MR) is 75.3 cm³/mol. The Balaban J connectivity index is 0.00000162. The average Bonchev–Trinajstić information content (AvgIpc) is 2.81. The number of halogens is 2. The summed E-state index contributed by atoms with van der Waals surface area (Å²) < 4.78 is 1.93. The van der Waals surface area contributed by atoms with E-state index in [-0.39, 0.29) is 18.4 Å². The van der Waals surface area contributed by atoms with Crippen LogP contribution in [0.15, 0.2) is 43.0 Å². The van der Waals surface area contributed by atoms with Gasteiger partial charge in [0.05, 0.1) is 18.5 Å². The smallest absolute Gasteiger partial charge is 0.0949 e. The van der Waals surface area contributed by atoms with Crippen molar-refractivity contribution in [1.29, 1.82) is 0 Å². The molecule has 0 bridgehead atoms. The van der Waals surface area contributed by atoms with Gasteiger partial charge in [-0.2, -0.15) is 0 Å². The molecule has 0 aliphatic carbocycles. The van der Waals surface area contributed by atoms with Crippen molar-refractivity contribution in [3.8, 4) is 0 Å². The summed E-state index contributed by atoms with van der Waals surface area (Å²) in [5, 5.41) is 10.6.